The number of benzene rings is 4. The summed E-state index contributed by atoms with van der Waals surface area (Å²) in [7, 11) is 4.36. The number of aromatic nitrogens is 2. The van der Waals surface area contributed by atoms with Crippen LogP contribution in [0, 0.1) is 38.3 Å². The molecule has 0 saturated carbocycles. The Bertz CT molecular complexity index is 2170. The second-order valence-corrected chi connectivity index (χ2v) is 14.7. The summed E-state index contributed by atoms with van der Waals surface area (Å²) in [4.78, 5) is 13.9. The Balaban J connectivity index is 0.000000227. The van der Waals surface area contributed by atoms with Crippen LogP contribution in [0.1, 0.15) is 43.0 Å². The molecule has 2 aliphatic heterocycles. The van der Waals surface area contributed by atoms with Crippen LogP contribution in [0.2, 0.25) is 0 Å². The second kappa shape index (κ2) is 14.0. The monoisotopic (exact) mass is 831 g/mol. The second-order valence-electron chi connectivity index (χ2n) is 14.7. The molecule has 0 fully saturated rings. The van der Waals surface area contributed by atoms with Crippen molar-refractivity contribution in [3.8, 4) is 22.5 Å². The molecule has 1 radical (unpaired) electrons. The fourth-order valence-electron chi connectivity index (χ4n) is 7.25. The summed E-state index contributed by atoms with van der Waals surface area (Å²) in [5.41, 5.74) is 18.4. The summed E-state index contributed by atoms with van der Waals surface area (Å²) < 4.78 is 0. The maximum absolute atomic E-state index is 4.81. The first-order valence-electron chi connectivity index (χ1n) is 17.1. The Kier molecular flexibility index (Phi) is 9.90. The molecule has 0 bridgehead atoms. The standard InChI is InChI=1S/C30H29BN3.C14H14N.Ir/c1-30(2,3)19-20-16-17-32-24(18-20)21-10-8-12-23-29(21)34(5)27-15-9-14-26-28(27)31(23)22-11-6-7-13-25(22)33(26)4;1-10-4-6-13(7-5-10)14-8-11(2)12(3)9-15-14;/h6-9,11-18H,19H2,1-5H3;4-6,8-9H,1-3H3;/q2*-1;. The topological polar surface area (TPSA) is 32.3 Å². The van der Waals surface area contributed by atoms with Crippen molar-refractivity contribution in [3.63, 3.8) is 0 Å². The van der Waals surface area contributed by atoms with Crippen LogP contribution in [-0.2, 0) is 26.5 Å². The summed E-state index contributed by atoms with van der Waals surface area (Å²) in [5.74, 6) is 0. The van der Waals surface area contributed by atoms with Crippen LogP contribution >= 0.6 is 0 Å². The van der Waals surface area contributed by atoms with Crippen molar-refractivity contribution in [2.24, 2.45) is 5.41 Å². The normalized spacial score (nSPS) is 12.6. The molecule has 253 valence electrons. The first-order valence-corrected chi connectivity index (χ1v) is 17.1. The number of anilines is 4. The van der Waals surface area contributed by atoms with Gasteiger partial charge < -0.3 is 19.8 Å². The van der Waals surface area contributed by atoms with Crippen LogP contribution in [0.25, 0.3) is 22.5 Å². The minimum atomic E-state index is 0. The van der Waals surface area contributed by atoms with Crippen molar-refractivity contribution >= 4 is 45.9 Å². The van der Waals surface area contributed by atoms with Crippen molar-refractivity contribution in [2.75, 3.05) is 23.9 Å². The summed E-state index contributed by atoms with van der Waals surface area (Å²) in [6.45, 7) is 13.3. The van der Waals surface area contributed by atoms with E-state index in [9.17, 15) is 0 Å². The van der Waals surface area contributed by atoms with E-state index in [2.05, 4.69) is 167 Å². The van der Waals surface area contributed by atoms with Gasteiger partial charge in [-0.2, -0.15) is 0 Å². The summed E-state index contributed by atoms with van der Waals surface area (Å²) >= 11 is 0. The van der Waals surface area contributed by atoms with Gasteiger partial charge in [0.15, 0.2) is 0 Å². The van der Waals surface area contributed by atoms with Crippen LogP contribution < -0.4 is 26.2 Å². The van der Waals surface area contributed by atoms with Gasteiger partial charge in [-0.1, -0.05) is 75.2 Å². The maximum atomic E-state index is 4.81. The predicted octanol–water partition coefficient (Wildman–Crippen LogP) is 8.29. The van der Waals surface area contributed by atoms with Gasteiger partial charge in [0.2, 0.25) is 6.71 Å². The molecule has 0 saturated heterocycles. The number of aryl methyl sites for hydroxylation is 3. The number of para-hydroxylation sites is 1. The van der Waals surface area contributed by atoms with Gasteiger partial charge in [-0.3, -0.25) is 0 Å². The van der Waals surface area contributed by atoms with E-state index in [0.717, 1.165) is 28.9 Å². The zero-order valence-electron chi connectivity index (χ0n) is 30.2. The van der Waals surface area contributed by atoms with E-state index in [1.54, 1.807) is 0 Å². The zero-order chi connectivity index (χ0) is 34.4. The molecule has 50 heavy (non-hydrogen) atoms. The minimum absolute atomic E-state index is 0. The molecule has 0 spiro atoms. The molecule has 6 aromatic rings. The zero-order valence-corrected chi connectivity index (χ0v) is 32.6. The van der Waals surface area contributed by atoms with Gasteiger partial charge >= 0.3 is 0 Å². The van der Waals surface area contributed by atoms with Crippen LogP contribution in [0.4, 0.5) is 22.7 Å². The molecule has 0 unspecified atom stereocenters. The minimum Gasteiger partial charge on any atom is -0.385 e. The SMILES string of the molecule is CN1c2ccccc2B2c3cc[c-]c(-c4cc(CC(C)(C)C)ccn4)c3N(C)c3cccc1c32.Cc1c[c-]c(-c2cc(C)c(C)cn2)cc1.[Ir]. The van der Waals surface area contributed by atoms with Gasteiger partial charge in [0.1, 0.15) is 0 Å². The summed E-state index contributed by atoms with van der Waals surface area (Å²) in [5, 5.41) is 0. The number of hydrogen-bond donors (Lipinski definition) is 0. The molecule has 0 atom stereocenters. The average Bonchev–Trinajstić information content (AvgIpc) is 3.09. The van der Waals surface area contributed by atoms with E-state index in [0.29, 0.717) is 0 Å². The van der Waals surface area contributed by atoms with Gasteiger partial charge in [0.25, 0.3) is 0 Å². The van der Waals surface area contributed by atoms with Crippen molar-refractivity contribution < 1.29 is 20.1 Å². The molecule has 4 heterocycles. The first kappa shape index (κ1) is 35.3. The number of nitrogens with zero attached hydrogens (tertiary/aromatic N) is 4. The van der Waals surface area contributed by atoms with Gasteiger partial charge in [-0.15, -0.1) is 64.6 Å². The molecule has 2 aliphatic rings. The molecule has 0 aliphatic carbocycles. The van der Waals surface area contributed by atoms with Crippen LogP contribution in [0.3, 0.4) is 0 Å². The molecule has 8 rings (SSSR count). The third-order valence-corrected chi connectivity index (χ3v) is 9.76. The summed E-state index contributed by atoms with van der Waals surface area (Å²) in [6, 6.07) is 39.2. The smallest absolute Gasteiger partial charge is 0.233 e. The van der Waals surface area contributed by atoms with Gasteiger partial charge in [0.05, 0.1) is 0 Å². The Morgan fingerprint density at radius 1 is 0.720 bits per heavy atom. The van der Waals surface area contributed by atoms with E-state index in [4.69, 9.17) is 4.98 Å². The van der Waals surface area contributed by atoms with E-state index in [-0.39, 0.29) is 32.2 Å². The third-order valence-electron chi connectivity index (χ3n) is 9.76. The van der Waals surface area contributed by atoms with E-state index in [1.807, 2.05) is 18.5 Å². The van der Waals surface area contributed by atoms with Crippen molar-refractivity contribution in [1.29, 1.82) is 0 Å². The van der Waals surface area contributed by atoms with Crippen molar-refractivity contribution in [1.82, 2.24) is 9.97 Å². The fraction of sp³-hybridized carbons (Fsp3) is 0.227. The number of pyridine rings is 2. The largest absolute Gasteiger partial charge is 0.385 e. The predicted molar refractivity (Wildman–Crippen MR) is 208 cm³/mol. The van der Waals surface area contributed by atoms with Crippen molar-refractivity contribution in [3.05, 3.63) is 138 Å². The molecular weight excluding hydrogens is 788 g/mol. The number of rotatable bonds is 3. The van der Waals surface area contributed by atoms with E-state index < -0.39 is 0 Å². The molecule has 0 amide bonds. The molecule has 0 N–H and O–H groups in total. The van der Waals surface area contributed by atoms with Gasteiger partial charge in [-0.05, 0) is 83.5 Å². The van der Waals surface area contributed by atoms with Crippen LogP contribution in [-0.4, -0.2) is 30.8 Å². The Hall–Kier alpha value is -4.51. The quantitative estimate of drug-likeness (QED) is 0.133. The van der Waals surface area contributed by atoms with Crippen LogP contribution in [0.5, 0.6) is 0 Å². The first-order chi connectivity index (χ1) is 23.5. The maximum Gasteiger partial charge on any atom is 0.233 e. The van der Waals surface area contributed by atoms with Crippen LogP contribution in [0.15, 0.2) is 103 Å². The molecule has 2 aromatic heterocycles. The van der Waals surface area contributed by atoms with Gasteiger partial charge in [-0.25, -0.2) is 0 Å². The van der Waals surface area contributed by atoms with Crippen molar-refractivity contribution in [2.45, 2.75) is 48.0 Å². The Morgan fingerprint density at radius 3 is 2.18 bits per heavy atom. The third kappa shape index (κ3) is 6.67. The summed E-state index contributed by atoms with van der Waals surface area (Å²) in [6.07, 6.45) is 4.88. The fourth-order valence-corrected chi connectivity index (χ4v) is 7.25. The van der Waals surface area contributed by atoms with E-state index in [1.165, 1.54) is 61.4 Å². The van der Waals surface area contributed by atoms with E-state index >= 15 is 0 Å². The molecule has 4 aromatic carbocycles. The molecule has 4 nitrogen and oxygen atoms in total. The Morgan fingerprint density at radius 2 is 1.46 bits per heavy atom. The number of fused-ring (bicyclic) bond motifs is 4. The molecular formula is C44H43BIrN4-2. The molecule has 6 heteroatoms. The number of hydrogen-bond acceptors (Lipinski definition) is 4. The average molecular weight is 831 g/mol. The van der Waals surface area contributed by atoms with Gasteiger partial charge in [0, 0.05) is 63.7 Å². The Labute approximate surface area is 312 Å².